The Hall–Kier alpha value is -0.727. The minimum Gasteiger partial charge on any atom is -0.467 e. The van der Waals surface area contributed by atoms with Crippen molar-refractivity contribution in [2.45, 2.75) is 32.4 Å². The van der Waals surface area contributed by atoms with Crippen LogP contribution >= 0.6 is 0 Å². The van der Waals surface area contributed by atoms with Crippen molar-refractivity contribution in [2.24, 2.45) is 0 Å². The van der Waals surface area contributed by atoms with E-state index in [1.807, 2.05) is 32.0 Å². The van der Waals surface area contributed by atoms with E-state index >= 15 is 0 Å². The number of likely N-dealkylation sites (N-methyl/N-ethyl adjacent to an activating group) is 1. The minimum atomic E-state index is -1.42. The molecule has 2 aromatic rings. The van der Waals surface area contributed by atoms with Crippen molar-refractivity contribution in [3.8, 4) is 0 Å². The summed E-state index contributed by atoms with van der Waals surface area (Å²) in [6.07, 6.45) is 2.90. The molecule has 0 saturated carbocycles. The van der Waals surface area contributed by atoms with E-state index in [4.69, 9.17) is 4.42 Å². The summed E-state index contributed by atoms with van der Waals surface area (Å²) in [5.41, 5.74) is 0.0520. The van der Waals surface area contributed by atoms with Crippen LogP contribution in [0.1, 0.15) is 32.3 Å². The van der Waals surface area contributed by atoms with Crippen LogP contribution in [0.3, 0.4) is 0 Å². The molecule has 1 aromatic carbocycles. The third-order valence-corrected chi connectivity index (χ3v) is 3.08. The summed E-state index contributed by atoms with van der Waals surface area (Å²) in [6, 6.07) is 7.35. The number of nitrogens with one attached hydrogen (secondary N) is 1. The second kappa shape index (κ2) is 7.16. The SMILES string of the molecule is CCCC(F)([CH-]NCC)c1ccc2occc2c1.[Ru+]. The molecular weight excluding hydrogens is 330 g/mol. The zero-order valence-electron chi connectivity index (χ0n) is 11.2. The number of benzene rings is 1. The van der Waals surface area contributed by atoms with Gasteiger partial charge in [0, 0.05) is 11.1 Å². The number of rotatable bonds is 6. The first-order valence-electron chi connectivity index (χ1n) is 6.44. The average molecular weight is 349 g/mol. The van der Waals surface area contributed by atoms with Gasteiger partial charge in [-0.25, -0.2) is 6.54 Å². The van der Waals surface area contributed by atoms with Gasteiger partial charge in [-0.05, 0) is 36.7 Å². The van der Waals surface area contributed by atoms with Gasteiger partial charge in [0.15, 0.2) is 0 Å². The van der Waals surface area contributed by atoms with Crippen LogP contribution in [-0.2, 0) is 25.1 Å². The molecule has 0 fully saturated rings. The van der Waals surface area contributed by atoms with Crippen molar-refractivity contribution in [3.05, 3.63) is 42.6 Å². The van der Waals surface area contributed by atoms with Crippen molar-refractivity contribution in [3.63, 3.8) is 0 Å². The molecular formula is C15H19FNORu. The van der Waals surface area contributed by atoms with Crippen LogP contribution in [0.4, 0.5) is 4.39 Å². The molecule has 19 heavy (non-hydrogen) atoms. The molecule has 0 bridgehead atoms. The van der Waals surface area contributed by atoms with E-state index < -0.39 is 5.67 Å². The summed E-state index contributed by atoms with van der Waals surface area (Å²) in [7, 11) is 0. The molecule has 105 valence electrons. The quantitative estimate of drug-likeness (QED) is 0.626. The van der Waals surface area contributed by atoms with Crippen molar-refractivity contribution >= 4 is 11.0 Å². The monoisotopic (exact) mass is 350 g/mol. The van der Waals surface area contributed by atoms with Crippen LogP contribution in [0.2, 0.25) is 0 Å². The summed E-state index contributed by atoms with van der Waals surface area (Å²) < 4.78 is 20.3. The Morgan fingerprint density at radius 3 is 2.79 bits per heavy atom. The molecule has 4 heteroatoms. The van der Waals surface area contributed by atoms with Crippen LogP contribution in [0.15, 0.2) is 34.9 Å². The van der Waals surface area contributed by atoms with E-state index in [2.05, 4.69) is 5.32 Å². The van der Waals surface area contributed by atoms with E-state index in [1.165, 1.54) is 0 Å². The van der Waals surface area contributed by atoms with Crippen LogP contribution in [-0.4, -0.2) is 6.54 Å². The molecule has 0 aliphatic carbocycles. The predicted molar refractivity (Wildman–Crippen MR) is 71.9 cm³/mol. The summed E-state index contributed by atoms with van der Waals surface area (Å²) in [5, 5.41) is 3.93. The molecule has 0 aliphatic rings. The summed E-state index contributed by atoms with van der Waals surface area (Å²) in [6.45, 7) is 6.24. The van der Waals surface area contributed by atoms with Crippen LogP contribution in [0.5, 0.6) is 0 Å². The smallest absolute Gasteiger partial charge is 0.467 e. The zero-order valence-corrected chi connectivity index (χ0v) is 13.0. The maximum absolute atomic E-state index is 15.0. The number of furan rings is 1. The van der Waals surface area contributed by atoms with E-state index in [1.54, 1.807) is 18.9 Å². The molecule has 1 heterocycles. The fourth-order valence-electron chi connectivity index (χ4n) is 2.15. The number of alkyl halides is 1. The van der Waals surface area contributed by atoms with Crippen molar-refractivity contribution in [2.75, 3.05) is 6.54 Å². The molecule has 1 atom stereocenters. The summed E-state index contributed by atoms with van der Waals surface area (Å²) in [4.78, 5) is 0. The standard InChI is InChI=1S/C15H19FNO.Ru/c1-3-8-15(16,11-17-4-2)13-5-6-14-12(10-13)7-9-18-14;/h5-7,9-11,17H,3-4,8H2,1-2H3;/q-1;+1. The van der Waals surface area contributed by atoms with Gasteiger partial charge in [-0.15, -0.1) is 0 Å². The van der Waals surface area contributed by atoms with Crippen molar-refractivity contribution in [1.29, 1.82) is 0 Å². The topological polar surface area (TPSA) is 25.2 Å². The fourth-order valence-corrected chi connectivity index (χ4v) is 2.15. The third-order valence-electron chi connectivity index (χ3n) is 3.08. The van der Waals surface area contributed by atoms with Gasteiger partial charge in [0.05, 0.1) is 6.26 Å². The van der Waals surface area contributed by atoms with Gasteiger partial charge in [-0.1, -0.05) is 26.3 Å². The number of hydrogen-bond acceptors (Lipinski definition) is 2. The first-order valence-corrected chi connectivity index (χ1v) is 6.44. The van der Waals surface area contributed by atoms with Gasteiger partial charge in [0.1, 0.15) is 5.58 Å². The Labute approximate surface area is 126 Å². The Bertz CT molecular complexity index is 514. The van der Waals surface area contributed by atoms with Crippen LogP contribution in [0.25, 0.3) is 11.0 Å². The second-order valence-corrected chi connectivity index (χ2v) is 4.49. The Balaban J connectivity index is 0.00000180. The van der Waals surface area contributed by atoms with E-state index in [0.717, 1.165) is 23.9 Å². The second-order valence-electron chi connectivity index (χ2n) is 4.49. The Morgan fingerprint density at radius 2 is 2.11 bits per heavy atom. The van der Waals surface area contributed by atoms with Gasteiger partial charge in [-0.3, -0.25) is 4.39 Å². The van der Waals surface area contributed by atoms with Gasteiger partial charge in [0.25, 0.3) is 0 Å². The Morgan fingerprint density at radius 1 is 1.32 bits per heavy atom. The van der Waals surface area contributed by atoms with Crippen LogP contribution < -0.4 is 5.32 Å². The molecule has 2 nitrogen and oxygen atoms in total. The number of hydrogen-bond donors (Lipinski definition) is 1. The molecule has 1 aromatic heterocycles. The normalized spacial score (nSPS) is 14.1. The van der Waals surface area contributed by atoms with Crippen LogP contribution in [0, 0.1) is 6.54 Å². The molecule has 2 rings (SSSR count). The molecule has 1 radical (unpaired) electrons. The Kier molecular flexibility index (Phi) is 6.15. The first kappa shape index (κ1) is 16.3. The van der Waals surface area contributed by atoms with Crippen molar-refractivity contribution < 1.29 is 28.3 Å². The first-order chi connectivity index (χ1) is 8.69. The average Bonchev–Trinajstić information content (AvgIpc) is 2.84. The summed E-state index contributed by atoms with van der Waals surface area (Å²) >= 11 is 0. The molecule has 0 amide bonds. The van der Waals surface area contributed by atoms with E-state index in [9.17, 15) is 4.39 Å². The summed E-state index contributed by atoms with van der Waals surface area (Å²) in [5.74, 6) is 0. The molecule has 1 unspecified atom stereocenters. The fraction of sp³-hybridized carbons (Fsp3) is 0.400. The van der Waals surface area contributed by atoms with E-state index in [0.29, 0.717) is 12.0 Å². The molecule has 0 spiro atoms. The van der Waals surface area contributed by atoms with Gasteiger partial charge in [-0.2, -0.15) is 0 Å². The molecule has 0 saturated heterocycles. The van der Waals surface area contributed by atoms with Gasteiger partial charge >= 0.3 is 19.5 Å². The zero-order chi connectivity index (χ0) is 13.0. The van der Waals surface area contributed by atoms with Crippen molar-refractivity contribution in [1.82, 2.24) is 5.32 Å². The largest absolute Gasteiger partial charge is 1.00 e. The predicted octanol–water partition coefficient (Wildman–Crippen LogP) is 4.17. The molecule has 0 aliphatic heterocycles. The number of fused-ring (bicyclic) bond motifs is 1. The number of halogens is 1. The van der Waals surface area contributed by atoms with Gasteiger partial charge in [0.2, 0.25) is 0 Å². The van der Waals surface area contributed by atoms with E-state index in [-0.39, 0.29) is 19.5 Å². The third kappa shape index (κ3) is 3.64. The maximum Gasteiger partial charge on any atom is 1.00 e. The maximum atomic E-state index is 15.0. The van der Waals surface area contributed by atoms with Gasteiger partial charge < -0.3 is 9.73 Å². The molecule has 1 N–H and O–H groups in total. The minimum absolute atomic E-state index is 0.